The van der Waals surface area contributed by atoms with Crippen LogP contribution in [0.4, 0.5) is 0 Å². The van der Waals surface area contributed by atoms with Crippen molar-refractivity contribution in [2.24, 2.45) is 5.92 Å². The van der Waals surface area contributed by atoms with E-state index in [1.54, 1.807) is 6.07 Å². The lowest BCUT2D eigenvalue weighted by Gasteiger charge is -2.30. The van der Waals surface area contributed by atoms with E-state index in [-0.39, 0.29) is 23.5 Å². The molecule has 2 N–H and O–H groups in total. The van der Waals surface area contributed by atoms with E-state index < -0.39 is 10.0 Å². The zero-order valence-electron chi connectivity index (χ0n) is 12.9. The second-order valence-electron chi connectivity index (χ2n) is 5.47. The molecule has 0 spiro atoms. The van der Waals surface area contributed by atoms with Gasteiger partial charge in [0.15, 0.2) is 11.5 Å². The van der Waals surface area contributed by atoms with Crippen LogP contribution in [0.1, 0.15) is 25.7 Å². The lowest BCUT2D eigenvalue weighted by atomic mass is 9.86. The number of methoxy groups -OCH3 is 2. The van der Waals surface area contributed by atoms with Crippen molar-refractivity contribution in [1.29, 1.82) is 0 Å². The molecule has 22 heavy (non-hydrogen) atoms. The maximum absolute atomic E-state index is 12.5. The highest BCUT2D eigenvalue weighted by atomic mass is 32.2. The molecule has 1 aromatic carbocycles. The van der Waals surface area contributed by atoms with E-state index in [9.17, 15) is 13.5 Å². The molecular weight excluding hydrogens is 306 g/mol. The normalized spacial score (nSPS) is 22.3. The summed E-state index contributed by atoms with van der Waals surface area (Å²) in [5.74, 6) is 0.823. The minimum Gasteiger partial charge on any atom is -0.493 e. The first kappa shape index (κ1) is 17.1. The molecule has 0 heterocycles. The lowest BCUT2D eigenvalue weighted by molar-refractivity contribution is 0.164. The molecule has 0 aromatic heterocycles. The average molecular weight is 329 g/mol. The standard InChI is InChI=1S/C15H23NO5S/c1-20-14-8-7-12(9-15(14)21-2)22(18,19)16-13-6-4-3-5-11(13)10-17/h7-9,11,13,16-17H,3-6,10H2,1-2H3. The molecule has 6 nitrogen and oxygen atoms in total. The summed E-state index contributed by atoms with van der Waals surface area (Å²) in [6, 6.07) is 4.27. The Labute approximate surface area is 131 Å². The van der Waals surface area contributed by atoms with Crippen LogP contribution in [-0.4, -0.2) is 40.4 Å². The molecule has 124 valence electrons. The minimum atomic E-state index is -3.66. The van der Waals surface area contributed by atoms with Gasteiger partial charge in [-0.05, 0) is 30.9 Å². The summed E-state index contributed by atoms with van der Waals surface area (Å²) in [4.78, 5) is 0.132. The number of aliphatic hydroxyl groups is 1. The van der Waals surface area contributed by atoms with E-state index in [4.69, 9.17) is 9.47 Å². The Morgan fingerprint density at radius 2 is 1.86 bits per heavy atom. The monoisotopic (exact) mass is 329 g/mol. The summed E-state index contributed by atoms with van der Waals surface area (Å²) in [7, 11) is -0.696. The van der Waals surface area contributed by atoms with Gasteiger partial charge in [-0.25, -0.2) is 13.1 Å². The fourth-order valence-corrected chi connectivity index (χ4v) is 4.19. The van der Waals surface area contributed by atoms with Crippen molar-refractivity contribution in [2.75, 3.05) is 20.8 Å². The topological polar surface area (TPSA) is 84.9 Å². The number of hydrogen-bond acceptors (Lipinski definition) is 5. The third-order valence-electron chi connectivity index (χ3n) is 4.12. The highest BCUT2D eigenvalue weighted by molar-refractivity contribution is 7.89. The van der Waals surface area contributed by atoms with Crippen molar-refractivity contribution >= 4 is 10.0 Å². The van der Waals surface area contributed by atoms with Crippen molar-refractivity contribution in [2.45, 2.75) is 36.6 Å². The number of sulfonamides is 1. The maximum atomic E-state index is 12.5. The predicted octanol–water partition coefficient (Wildman–Crippen LogP) is 1.53. The molecule has 0 saturated heterocycles. The molecule has 0 radical (unpaired) electrons. The summed E-state index contributed by atoms with van der Waals surface area (Å²) in [6.45, 7) is -0.000873. The second kappa shape index (κ2) is 7.30. The van der Waals surface area contributed by atoms with Crippen LogP contribution in [0.25, 0.3) is 0 Å². The van der Waals surface area contributed by atoms with E-state index in [0.29, 0.717) is 11.5 Å². The Morgan fingerprint density at radius 1 is 1.18 bits per heavy atom. The van der Waals surface area contributed by atoms with E-state index in [2.05, 4.69) is 4.72 Å². The van der Waals surface area contributed by atoms with Gasteiger partial charge in [-0.15, -0.1) is 0 Å². The fraction of sp³-hybridized carbons (Fsp3) is 0.600. The van der Waals surface area contributed by atoms with Gasteiger partial charge in [0.1, 0.15) is 0 Å². The van der Waals surface area contributed by atoms with Gasteiger partial charge in [0, 0.05) is 18.7 Å². The molecule has 1 aromatic rings. The number of benzene rings is 1. The molecule has 1 aliphatic carbocycles. The molecule has 7 heteroatoms. The van der Waals surface area contributed by atoms with Crippen LogP contribution in [0.3, 0.4) is 0 Å². The molecule has 2 atom stereocenters. The third-order valence-corrected chi connectivity index (χ3v) is 5.60. The Bertz CT molecular complexity index is 602. The van der Waals surface area contributed by atoms with Crippen molar-refractivity contribution in [3.8, 4) is 11.5 Å². The predicted molar refractivity (Wildman–Crippen MR) is 82.7 cm³/mol. The second-order valence-corrected chi connectivity index (χ2v) is 7.19. The van der Waals surface area contributed by atoms with Gasteiger partial charge < -0.3 is 14.6 Å². The Kier molecular flexibility index (Phi) is 5.66. The van der Waals surface area contributed by atoms with Crippen LogP contribution < -0.4 is 14.2 Å². The van der Waals surface area contributed by atoms with Crippen LogP contribution in [0.2, 0.25) is 0 Å². The van der Waals surface area contributed by atoms with Gasteiger partial charge >= 0.3 is 0 Å². The number of aliphatic hydroxyl groups excluding tert-OH is 1. The fourth-order valence-electron chi connectivity index (χ4n) is 2.83. The molecule has 2 unspecified atom stereocenters. The van der Waals surface area contributed by atoms with Gasteiger partial charge in [-0.3, -0.25) is 0 Å². The Hall–Kier alpha value is -1.31. The van der Waals surface area contributed by atoms with Crippen LogP contribution in [0.15, 0.2) is 23.1 Å². The Balaban J connectivity index is 2.22. The van der Waals surface area contributed by atoms with E-state index in [1.807, 2.05) is 0 Å². The molecule has 0 bridgehead atoms. The molecule has 1 saturated carbocycles. The van der Waals surface area contributed by atoms with Crippen molar-refractivity contribution in [1.82, 2.24) is 4.72 Å². The number of hydrogen-bond donors (Lipinski definition) is 2. The number of ether oxygens (including phenoxy) is 2. The summed E-state index contributed by atoms with van der Waals surface area (Å²) < 4.78 is 38.1. The highest BCUT2D eigenvalue weighted by Crippen LogP contribution is 2.30. The van der Waals surface area contributed by atoms with Crippen molar-refractivity contribution in [3.63, 3.8) is 0 Å². The first-order valence-electron chi connectivity index (χ1n) is 7.37. The largest absolute Gasteiger partial charge is 0.493 e. The van der Waals surface area contributed by atoms with Crippen LogP contribution in [-0.2, 0) is 10.0 Å². The van der Waals surface area contributed by atoms with Gasteiger partial charge in [0.2, 0.25) is 10.0 Å². The van der Waals surface area contributed by atoms with Gasteiger partial charge in [0.25, 0.3) is 0 Å². The number of nitrogens with one attached hydrogen (secondary N) is 1. The van der Waals surface area contributed by atoms with E-state index >= 15 is 0 Å². The number of rotatable bonds is 6. The van der Waals surface area contributed by atoms with Crippen molar-refractivity contribution < 1.29 is 23.0 Å². The third kappa shape index (κ3) is 3.71. The quantitative estimate of drug-likeness (QED) is 0.827. The zero-order chi connectivity index (χ0) is 16.2. The summed E-state index contributed by atoms with van der Waals surface area (Å²) >= 11 is 0. The van der Waals surface area contributed by atoms with Crippen LogP contribution >= 0.6 is 0 Å². The molecular formula is C15H23NO5S. The van der Waals surface area contributed by atoms with Crippen molar-refractivity contribution in [3.05, 3.63) is 18.2 Å². The lowest BCUT2D eigenvalue weighted by Crippen LogP contribution is -2.43. The van der Waals surface area contributed by atoms with Gasteiger partial charge in [0.05, 0.1) is 19.1 Å². The smallest absolute Gasteiger partial charge is 0.240 e. The van der Waals surface area contributed by atoms with Crippen LogP contribution in [0.5, 0.6) is 11.5 Å². The molecule has 2 rings (SSSR count). The van der Waals surface area contributed by atoms with E-state index in [0.717, 1.165) is 25.7 Å². The zero-order valence-corrected chi connectivity index (χ0v) is 13.7. The minimum absolute atomic E-state index is 0.000873. The molecule has 0 aliphatic heterocycles. The first-order valence-corrected chi connectivity index (χ1v) is 8.85. The highest BCUT2D eigenvalue weighted by Gasteiger charge is 2.29. The molecule has 1 aliphatic rings. The summed E-state index contributed by atoms with van der Waals surface area (Å²) in [6.07, 6.45) is 3.59. The summed E-state index contributed by atoms with van der Waals surface area (Å²) in [5.41, 5.74) is 0. The van der Waals surface area contributed by atoms with Gasteiger partial charge in [-0.1, -0.05) is 12.8 Å². The maximum Gasteiger partial charge on any atom is 0.240 e. The summed E-state index contributed by atoms with van der Waals surface area (Å²) in [5, 5.41) is 9.41. The van der Waals surface area contributed by atoms with Gasteiger partial charge in [-0.2, -0.15) is 0 Å². The van der Waals surface area contributed by atoms with Crippen LogP contribution in [0, 0.1) is 5.92 Å². The molecule has 1 fully saturated rings. The first-order chi connectivity index (χ1) is 10.5. The SMILES string of the molecule is COc1ccc(S(=O)(=O)NC2CCCCC2CO)cc1OC. The molecule has 0 amide bonds. The average Bonchev–Trinajstić information content (AvgIpc) is 2.54. The Morgan fingerprint density at radius 3 is 2.50 bits per heavy atom. The van der Waals surface area contributed by atoms with E-state index in [1.165, 1.54) is 26.4 Å².